The number of benzene rings is 3. The van der Waals surface area contributed by atoms with Gasteiger partial charge < -0.3 is 19.5 Å². The fourth-order valence-corrected chi connectivity index (χ4v) is 2.84. The summed E-state index contributed by atoms with van der Waals surface area (Å²) in [7, 11) is 1.47. The van der Waals surface area contributed by atoms with Crippen LogP contribution < -0.4 is 25.0 Å². The Balaban J connectivity index is 1.53. The Morgan fingerprint density at radius 3 is 2.26 bits per heavy atom. The molecule has 174 valence electrons. The second-order valence-electron chi connectivity index (χ2n) is 6.74. The SMILES string of the molecule is CCOc1ccccc1NC(=O)C(=O)NN=Cc1ccc(OC(=O)c2ccccc2OC)cc1. The molecule has 0 aliphatic carbocycles. The first-order valence-electron chi connectivity index (χ1n) is 10.3. The second kappa shape index (κ2) is 11.8. The Labute approximate surface area is 196 Å². The van der Waals surface area contributed by atoms with Crippen molar-refractivity contribution in [3.8, 4) is 17.2 Å². The minimum Gasteiger partial charge on any atom is -0.496 e. The van der Waals surface area contributed by atoms with Gasteiger partial charge in [0.25, 0.3) is 0 Å². The van der Waals surface area contributed by atoms with Crippen molar-refractivity contribution in [3.05, 3.63) is 83.9 Å². The molecule has 34 heavy (non-hydrogen) atoms. The average Bonchev–Trinajstić information content (AvgIpc) is 2.86. The largest absolute Gasteiger partial charge is 0.496 e. The van der Waals surface area contributed by atoms with Gasteiger partial charge in [0, 0.05) is 0 Å². The molecule has 9 heteroatoms. The number of para-hydroxylation sites is 3. The lowest BCUT2D eigenvalue weighted by molar-refractivity contribution is -0.136. The summed E-state index contributed by atoms with van der Waals surface area (Å²) in [5, 5.41) is 6.27. The molecule has 0 fully saturated rings. The van der Waals surface area contributed by atoms with Crippen molar-refractivity contribution in [2.45, 2.75) is 6.92 Å². The van der Waals surface area contributed by atoms with E-state index in [4.69, 9.17) is 14.2 Å². The zero-order valence-corrected chi connectivity index (χ0v) is 18.6. The molecule has 0 unspecified atom stereocenters. The number of hydrogen-bond acceptors (Lipinski definition) is 7. The number of nitrogens with zero attached hydrogens (tertiary/aromatic N) is 1. The van der Waals surface area contributed by atoms with E-state index in [2.05, 4.69) is 15.8 Å². The minimum absolute atomic E-state index is 0.306. The highest BCUT2D eigenvalue weighted by atomic mass is 16.5. The maximum absolute atomic E-state index is 12.4. The maximum atomic E-state index is 12.4. The molecule has 9 nitrogen and oxygen atoms in total. The first-order valence-corrected chi connectivity index (χ1v) is 10.3. The highest BCUT2D eigenvalue weighted by molar-refractivity contribution is 6.39. The van der Waals surface area contributed by atoms with Crippen molar-refractivity contribution < 1.29 is 28.6 Å². The highest BCUT2D eigenvalue weighted by Crippen LogP contribution is 2.23. The van der Waals surface area contributed by atoms with E-state index in [1.54, 1.807) is 72.8 Å². The first-order chi connectivity index (χ1) is 16.5. The third-order valence-corrected chi connectivity index (χ3v) is 4.44. The van der Waals surface area contributed by atoms with Crippen LogP contribution >= 0.6 is 0 Å². The third-order valence-electron chi connectivity index (χ3n) is 4.44. The topological polar surface area (TPSA) is 115 Å². The van der Waals surface area contributed by atoms with E-state index >= 15 is 0 Å². The lowest BCUT2D eigenvalue weighted by Crippen LogP contribution is -2.32. The summed E-state index contributed by atoms with van der Waals surface area (Å²) < 4.78 is 15.9. The number of amides is 2. The van der Waals surface area contributed by atoms with Crippen molar-refractivity contribution in [1.29, 1.82) is 0 Å². The zero-order chi connectivity index (χ0) is 24.3. The molecular formula is C25H23N3O6. The van der Waals surface area contributed by atoms with Gasteiger partial charge in [0.05, 0.1) is 25.6 Å². The van der Waals surface area contributed by atoms with E-state index in [0.717, 1.165) is 0 Å². The Morgan fingerprint density at radius 1 is 0.882 bits per heavy atom. The van der Waals surface area contributed by atoms with Crippen LogP contribution in [0, 0.1) is 0 Å². The number of methoxy groups -OCH3 is 1. The number of rotatable bonds is 8. The monoisotopic (exact) mass is 461 g/mol. The average molecular weight is 461 g/mol. The van der Waals surface area contributed by atoms with Crippen LogP contribution in [-0.4, -0.2) is 37.7 Å². The number of nitrogens with one attached hydrogen (secondary N) is 2. The Kier molecular flexibility index (Phi) is 8.34. The molecule has 0 bridgehead atoms. The highest BCUT2D eigenvalue weighted by Gasteiger charge is 2.15. The van der Waals surface area contributed by atoms with E-state index < -0.39 is 17.8 Å². The minimum atomic E-state index is -0.940. The van der Waals surface area contributed by atoms with E-state index in [1.807, 2.05) is 6.92 Å². The van der Waals surface area contributed by atoms with Crippen molar-refractivity contribution in [2.24, 2.45) is 5.10 Å². The number of esters is 1. The fourth-order valence-electron chi connectivity index (χ4n) is 2.84. The van der Waals surface area contributed by atoms with Crippen LogP contribution in [0.5, 0.6) is 17.2 Å². The van der Waals surface area contributed by atoms with Gasteiger partial charge in [0.15, 0.2) is 0 Å². The van der Waals surface area contributed by atoms with Gasteiger partial charge in [0.1, 0.15) is 22.8 Å². The number of anilines is 1. The van der Waals surface area contributed by atoms with E-state index in [1.165, 1.54) is 13.3 Å². The molecule has 0 spiro atoms. The molecule has 0 atom stereocenters. The van der Waals surface area contributed by atoms with Crippen LogP contribution in [0.4, 0.5) is 5.69 Å². The van der Waals surface area contributed by atoms with Crippen LogP contribution in [0.3, 0.4) is 0 Å². The van der Waals surface area contributed by atoms with Gasteiger partial charge in [0.2, 0.25) is 0 Å². The molecule has 3 rings (SSSR count). The van der Waals surface area contributed by atoms with Crippen molar-refractivity contribution in [2.75, 3.05) is 19.0 Å². The van der Waals surface area contributed by atoms with Crippen LogP contribution in [0.2, 0.25) is 0 Å². The molecular weight excluding hydrogens is 438 g/mol. The lowest BCUT2D eigenvalue weighted by atomic mass is 10.2. The van der Waals surface area contributed by atoms with Crippen LogP contribution in [0.1, 0.15) is 22.8 Å². The fraction of sp³-hybridized carbons (Fsp3) is 0.120. The van der Waals surface area contributed by atoms with Gasteiger partial charge in [-0.05, 0) is 61.0 Å². The summed E-state index contributed by atoms with van der Waals surface area (Å²) >= 11 is 0. The Bertz CT molecular complexity index is 1190. The summed E-state index contributed by atoms with van der Waals surface area (Å²) in [6.07, 6.45) is 1.35. The molecule has 3 aromatic carbocycles. The summed E-state index contributed by atoms with van der Waals surface area (Å²) in [5.74, 6) is -1.18. The van der Waals surface area contributed by atoms with Gasteiger partial charge >= 0.3 is 17.8 Å². The van der Waals surface area contributed by atoms with Gasteiger partial charge in [-0.1, -0.05) is 24.3 Å². The molecule has 0 heterocycles. The van der Waals surface area contributed by atoms with E-state index in [-0.39, 0.29) is 0 Å². The van der Waals surface area contributed by atoms with Crippen LogP contribution in [-0.2, 0) is 9.59 Å². The lowest BCUT2D eigenvalue weighted by Gasteiger charge is -2.10. The summed E-state index contributed by atoms with van der Waals surface area (Å²) in [6, 6.07) is 20.0. The number of ether oxygens (including phenoxy) is 3. The molecule has 0 aliphatic rings. The summed E-state index contributed by atoms with van der Waals surface area (Å²) in [6.45, 7) is 2.23. The van der Waals surface area contributed by atoms with Gasteiger partial charge in [-0.3, -0.25) is 9.59 Å². The molecule has 2 amide bonds. The molecule has 0 aliphatic heterocycles. The molecule has 2 N–H and O–H groups in total. The van der Waals surface area contributed by atoms with Crippen LogP contribution in [0.25, 0.3) is 0 Å². The maximum Gasteiger partial charge on any atom is 0.347 e. The number of hydrazone groups is 1. The quantitative estimate of drug-likeness (QED) is 0.175. The van der Waals surface area contributed by atoms with Crippen molar-refractivity contribution in [1.82, 2.24) is 5.43 Å². The van der Waals surface area contributed by atoms with E-state index in [9.17, 15) is 14.4 Å². The smallest absolute Gasteiger partial charge is 0.347 e. The third kappa shape index (κ3) is 6.42. The van der Waals surface area contributed by atoms with Gasteiger partial charge in [-0.25, -0.2) is 10.2 Å². The summed E-state index contributed by atoms with van der Waals surface area (Å²) in [4.78, 5) is 36.5. The number of carbonyl (C=O) groups excluding carboxylic acids is 3. The summed E-state index contributed by atoms with van der Waals surface area (Å²) in [5.41, 5.74) is 3.46. The normalized spacial score (nSPS) is 10.4. The Hall–Kier alpha value is -4.66. The predicted octanol–water partition coefficient (Wildman–Crippen LogP) is 3.40. The van der Waals surface area contributed by atoms with E-state index in [0.29, 0.717) is 40.7 Å². The molecule has 0 saturated heterocycles. The van der Waals surface area contributed by atoms with Crippen LogP contribution in [0.15, 0.2) is 77.9 Å². The molecule has 0 radical (unpaired) electrons. The Morgan fingerprint density at radius 2 is 1.56 bits per heavy atom. The molecule has 0 saturated carbocycles. The zero-order valence-electron chi connectivity index (χ0n) is 18.6. The first kappa shape index (κ1) is 24.0. The van der Waals surface area contributed by atoms with Crippen molar-refractivity contribution in [3.63, 3.8) is 0 Å². The standard InChI is InChI=1S/C25H23N3O6/c1-3-33-22-11-7-5-9-20(22)27-23(29)24(30)28-26-16-17-12-14-18(15-13-17)34-25(31)19-8-4-6-10-21(19)32-2/h4-16H,3H2,1-2H3,(H,27,29)(H,28,30). The number of hydrogen-bond donors (Lipinski definition) is 2. The molecule has 3 aromatic rings. The number of carbonyl (C=O) groups is 3. The molecule has 0 aromatic heterocycles. The second-order valence-corrected chi connectivity index (χ2v) is 6.74. The predicted molar refractivity (Wildman–Crippen MR) is 126 cm³/mol. The van der Waals surface area contributed by atoms with Gasteiger partial charge in [-0.2, -0.15) is 5.10 Å². The van der Waals surface area contributed by atoms with Gasteiger partial charge in [-0.15, -0.1) is 0 Å². The van der Waals surface area contributed by atoms with Crippen molar-refractivity contribution >= 4 is 29.7 Å².